The van der Waals surface area contributed by atoms with Gasteiger partial charge in [-0.1, -0.05) is 48.5 Å². The lowest BCUT2D eigenvalue weighted by Crippen LogP contribution is -2.21. The van der Waals surface area contributed by atoms with Gasteiger partial charge in [-0.05, 0) is 35.9 Å². The summed E-state index contributed by atoms with van der Waals surface area (Å²) in [5, 5.41) is 20.4. The first-order valence-electron chi connectivity index (χ1n) is 8.52. The molecule has 0 radical (unpaired) electrons. The van der Waals surface area contributed by atoms with E-state index in [1.165, 1.54) is 0 Å². The summed E-state index contributed by atoms with van der Waals surface area (Å²) < 4.78 is 5.70. The molecule has 2 N–H and O–H groups in total. The highest BCUT2D eigenvalue weighted by atomic mass is 16.5. The third kappa shape index (κ3) is 3.37. The fourth-order valence-electron chi connectivity index (χ4n) is 2.89. The number of nitrogens with one attached hydrogen (secondary N) is 1. The molecule has 0 saturated carbocycles. The third-order valence-electron chi connectivity index (χ3n) is 4.29. The number of para-hydroxylation sites is 1. The van der Waals surface area contributed by atoms with Crippen LogP contribution < -0.4 is 4.74 Å². The van der Waals surface area contributed by atoms with Crippen molar-refractivity contribution in [3.63, 3.8) is 0 Å². The Kier molecular flexibility index (Phi) is 4.30. The summed E-state index contributed by atoms with van der Waals surface area (Å²) in [6, 6.07) is 20.8. The predicted octanol–water partition coefficient (Wildman–Crippen LogP) is 5.10. The molecule has 1 amide bonds. The summed E-state index contributed by atoms with van der Waals surface area (Å²) in [6.07, 6.45) is -0.803. The molecule has 0 aliphatic carbocycles. The number of hydrogen-bond donors (Lipinski definition) is 2. The lowest BCUT2D eigenvalue weighted by Gasteiger charge is -2.11. The molecule has 6 nitrogen and oxygen atoms in total. The zero-order valence-electron chi connectivity index (χ0n) is 14.6. The van der Waals surface area contributed by atoms with Gasteiger partial charge in [-0.3, -0.25) is 4.79 Å². The second-order valence-corrected chi connectivity index (χ2v) is 6.18. The van der Waals surface area contributed by atoms with Gasteiger partial charge < -0.3 is 14.8 Å². The van der Waals surface area contributed by atoms with Crippen LogP contribution in [0.15, 0.2) is 77.0 Å². The Morgan fingerprint density at radius 1 is 1.04 bits per heavy atom. The van der Waals surface area contributed by atoms with E-state index in [1.54, 1.807) is 19.1 Å². The van der Waals surface area contributed by atoms with E-state index in [0.29, 0.717) is 11.1 Å². The summed E-state index contributed by atoms with van der Waals surface area (Å²) in [5.41, 5.74) is 0.953. The summed E-state index contributed by atoms with van der Waals surface area (Å²) in [4.78, 5) is 15.1. The van der Waals surface area contributed by atoms with E-state index >= 15 is 0 Å². The van der Waals surface area contributed by atoms with Crippen molar-refractivity contribution in [3.8, 4) is 11.6 Å². The molecule has 4 aromatic rings. The van der Waals surface area contributed by atoms with Crippen molar-refractivity contribution in [1.82, 2.24) is 4.98 Å². The quantitative estimate of drug-likeness (QED) is 0.497. The molecule has 27 heavy (non-hydrogen) atoms. The van der Waals surface area contributed by atoms with Crippen LogP contribution in [0.25, 0.3) is 21.7 Å². The van der Waals surface area contributed by atoms with Gasteiger partial charge in [-0.2, -0.15) is 0 Å². The maximum atomic E-state index is 12.3. The number of fused-ring (bicyclic) bond motifs is 2. The molecule has 134 valence electrons. The van der Waals surface area contributed by atoms with Crippen LogP contribution in [0.5, 0.6) is 11.6 Å². The Bertz CT molecular complexity index is 1160. The van der Waals surface area contributed by atoms with E-state index in [-0.39, 0.29) is 11.6 Å². The number of benzene rings is 3. The summed E-state index contributed by atoms with van der Waals surface area (Å²) in [7, 11) is 0. The molecule has 0 saturated heterocycles. The number of amides is 1. The van der Waals surface area contributed by atoms with Crippen molar-refractivity contribution in [3.05, 3.63) is 66.7 Å². The van der Waals surface area contributed by atoms with Gasteiger partial charge >= 0.3 is 5.91 Å². The SMILES string of the molecule is CC(Oc1ccc2ccccc2c1)C(=O)N=Nc1c(O)[nH]c2ccccc12. The van der Waals surface area contributed by atoms with E-state index in [9.17, 15) is 9.90 Å². The highest BCUT2D eigenvalue weighted by molar-refractivity contribution is 5.94. The molecule has 1 atom stereocenters. The maximum Gasteiger partial charge on any atom is 0.304 e. The maximum absolute atomic E-state index is 12.3. The topological polar surface area (TPSA) is 87.0 Å². The average Bonchev–Trinajstić information content (AvgIpc) is 3.01. The Morgan fingerprint density at radius 2 is 1.78 bits per heavy atom. The van der Waals surface area contributed by atoms with E-state index in [2.05, 4.69) is 15.2 Å². The van der Waals surface area contributed by atoms with Gasteiger partial charge in [0.2, 0.25) is 5.88 Å². The third-order valence-corrected chi connectivity index (χ3v) is 4.29. The Balaban J connectivity index is 1.51. The second-order valence-electron chi connectivity index (χ2n) is 6.18. The fourth-order valence-corrected chi connectivity index (χ4v) is 2.89. The lowest BCUT2D eigenvalue weighted by atomic mass is 10.1. The molecule has 4 rings (SSSR count). The smallest absolute Gasteiger partial charge is 0.304 e. The van der Waals surface area contributed by atoms with Crippen LogP contribution in [0.1, 0.15) is 6.92 Å². The molecule has 1 unspecified atom stereocenters. The molecule has 0 fully saturated rings. The first-order valence-corrected chi connectivity index (χ1v) is 8.52. The first-order chi connectivity index (χ1) is 13.1. The van der Waals surface area contributed by atoms with Gasteiger partial charge in [-0.25, -0.2) is 0 Å². The number of rotatable bonds is 4. The fraction of sp³-hybridized carbons (Fsp3) is 0.0952. The van der Waals surface area contributed by atoms with Crippen molar-refractivity contribution < 1.29 is 14.6 Å². The van der Waals surface area contributed by atoms with Crippen molar-refractivity contribution in [2.24, 2.45) is 10.2 Å². The monoisotopic (exact) mass is 359 g/mol. The number of nitrogens with zero attached hydrogens (tertiary/aromatic N) is 2. The van der Waals surface area contributed by atoms with E-state index < -0.39 is 12.0 Å². The normalized spacial score (nSPS) is 12.6. The molecular formula is C21H17N3O3. The van der Waals surface area contributed by atoms with Crippen LogP contribution >= 0.6 is 0 Å². The number of carbonyl (C=O) groups is 1. The van der Waals surface area contributed by atoms with Crippen molar-refractivity contribution in [2.45, 2.75) is 13.0 Å². The highest BCUT2D eigenvalue weighted by Gasteiger charge is 2.16. The van der Waals surface area contributed by atoms with Crippen molar-refractivity contribution >= 4 is 33.3 Å². The molecule has 0 aliphatic heterocycles. The number of aromatic hydroxyl groups is 1. The van der Waals surface area contributed by atoms with Crippen LogP contribution in [0.4, 0.5) is 5.69 Å². The standard InChI is InChI=1S/C21H17N3O3/c1-13(27-16-11-10-14-6-2-3-7-15(14)12-16)20(25)24-23-19-17-8-4-5-9-18(17)22-21(19)26/h2-13,22,26H,1H3. The van der Waals surface area contributed by atoms with Crippen LogP contribution in [0.3, 0.4) is 0 Å². The molecule has 0 aliphatic rings. The summed E-state index contributed by atoms with van der Waals surface area (Å²) in [6.45, 7) is 1.62. The van der Waals surface area contributed by atoms with Gasteiger partial charge in [0.25, 0.3) is 0 Å². The van der Waals surface area contributed by atoms with E-state index in [0.717, 1.165) is 16.3 Å². The van der Waals surface area contributed by atoms with Crippen LogP contribution in [-0.2, 0) is 4.79 Å². The average molecular weight is 359 g/mol. The van der Waals surface area contributed by atoms with Gasteiger partial charge in [0.15, 0.2) is 11.8 Å². The number of aromatic amines is 1. The predicted molar refractivity (Wildman–Crippen MR) is 104 cm³/mol. The van der Waals surface area contributed by atoms with Gasteiger partial charge in [0.1, 0.15) is 5.75 Å². The first kappa shape index (κ1) is 16.8. The molecule has 0 spiro atoms. The van der Waals surface area contributed by atoms with E-state index in [4.69, 9.17) is 4.74 Å². The number of ether oxygens (including phenoxy) is 1. The summed E-state index contributed by atoms with van der Waals surface area (Å²) >= 11 is 0. The minimum atomic E-state index is -0.803. The van der Waals surface area contributed by atoms with Crippen LogP contribution in [0, 0.1) is 0 Å². The Labute approximate surface area is 155 Å². The molecule has 1 aromatic heterocycles. The Hall–Kier alpha value is -3.67. The lowest BCUT2D eigenvalue weighted by molar-refractivity contribution is -0.124. The zero-order chi connectivity index (χ0) is 18.8. The zero-order valence-corrected chi connectivity index (χ0v) is 14.6. The van der Waals surface area contributed by atoms with Crippen molar-refractivity contribution in [2.75, 3.05) is 0 Å². The number of hydrogen-bond acceptors (Lipinski definition) is 4. The van der Waals surface area contributed by atoms with Crippen molar-refractivity contribution in [1.29, 1.82) is 0 Å². The van der Waals surface area contributed by atoms with E-state index in [1.807, 2.05) is 54.6 Å². The number of carbonyl (C=O) groups excluding carboxylic acids is 1. The largest absolute Gasteiger partial charge is 0.493 e. The molecule has 6 heteroatoms. The highest BCUT2D eigenvalue weighted by Crippen LogP contribution is 2.35. The number of azo groups is 1. The Morgan fingerprint density at radius 3 is 2.63 bits per heavy atom. The van der Waals surface area contributed by atoms with Gasteiger partial charge in [0, 0.05) is 5.39 Å². The van der Waals surface area contributed by atoms with Gasteiger partial charge in [0.05, 0.1) is 5.52 Å². The second kappa shape index (κ2) is 6.92. The number of aromatic nitrogens is 1. The molecule has 1 heterocycles. The molecule has 3 aromatic carbocycles. The minimum absolute atomic E-state index is 0.129. The van der Waals surface area contributed by atoms with Crippen LogP contribution in [0.2, 0.25) is 0 Å². The summed E-state index contributed by atoms with van der Waals surface area (Å²) in [5.74, 6) is -0.0802. The minimum Gasteiger partial charge on any atom is -0.493 e. The molecule has 0 bridgehead atoms. The number of H-pyrrole nitrogens is 1. The molecular weight excluding hydrogens is 342 g/mol. The van der Waals surface area contributed by atoms with Gasteiger partial charge in [-0.15, -0.1) is 10.2 Å². The van der Waals surface area contributed by atoms with Crippen LogP contribution in [-0.4, -0.2) is 22.1 Å².